The molecule has 6 nitrogen and oxygen atoms in total. The van der Waals surface area contributed by atoms with Gasteiger partial charge in [0.2, 0.25) is 0 Å². The summed E-state index contributed by atoms with van der Waals surface area (Å²) in [5.74, 6) is 0.0230. The average molecular weight is 906 g/mol. The SMILES string of the molecule is CCCCCCCCCCCCCCCC(=O)O[C@@H](COC(=O)CCCCCCCCCCCCCC)COC(=O)CCCCCCCCCCCCCCCCCCCCC(C)C. The fourth-order valence-corrected chi connectivity index (χ4v) is 8.92. The van der Waals surface area contributed by atoms with Gasteiger partial charge in [-0.15, -0.1) is 0 Å². The maximum atomic E-state index is 12.8. The first kappa shape index (κ1) is 62.4. The molecule has 0 aliphatic carbocycles. The smallest absolute Gasteiger partial charge is 0.306 e. The molecule has 0 N–H and O–H groups in total. The van der Waals surface area contributed by atoms with Crippen LogP contribution in [0.4, 0.5) is 0 Å². The first-order valence-electron chi connectivity index (χ1n) is 28.9. The van der Waals surface area contributed by atoms with Gasteiger partial charge in [0.25, 0.3) is 0 Å². The molecule has 0 aliphatic rings. The van der Waals surface area contributed by atoms with E-state index in [0.717, 1.165) is 63.7 Å². The van der Waals surface area contributed by atoms with Gasteiger partial charge >= 0.3 is 17.9 Å². The standard InChI is InChI=1S/C58H112O6/c1-5-7-9-11-13-15-17-25-31-35-39-43-47-51-58(61)64-55(52-62-56(59)49-45-41-37-33-29-18-16-14-12-10-8-6-2)53-63-57(60)50-46-42-38-34-30-27-24-22-20-19-21-23-26-28-32-36-40-44-48-54(3)4/h54-55H,5-53H2,1-4H3/t55-/m0/s1. The van der Waals surface area contributed by atoms with E-state index in [1.165, 1.54) is 225 Å². The molecule has 0 amide bonds. The van der Waals surface area contributed by atoms with Crippen molar-refractivity contribution in [1.29, 1.82) is 0 Å². The van der Waals surface area contributed by atoms with Crippen LogP contribution in [-0.2, 0) is 28.6 Å². The number of ether oxygens (including phenoxy) is 3. The van der Waals surface area contributed by atoms with Crippen molar-refractivity contribution in [3.63, 3.8) is 0 Å². The molecule has 1 atom stereocenters. The van der Waals surface area contributed by atoms with E-state index in [0.29, 0.717) is 19.3 Å². The molecule has 0 unspecified atom stereocenters. The molecule has 0 spiro atoms. The molecule has 0 aromatic rings. The van der Waals surface area contributed by atoms with Crippen LogP contribution in [0.1, 0.15) is 329 Å². The highest BCUT2D eigenvalue weighted by Crippen LogP contribution is 2.18. The highest BCUT2D eigenvalue weighted by molar-refractivity contribution is 5.71. The number of unbranched alkanes of at least 4 members (excludes halogenated alkanes) is 40. The third-order valence-electron chi connectivity index (χ3n) is 13.3. The fourth-order valence-electron chi connectivity index (χ4n) is 8.92. The molecule has 0 rings (SSSR count). The first-order valence-corrected chi connectivity index (χ1v) is 28.9. The van der Waals surface area contributed by atoms with Crippen LogP contribution < -0.4 is 0 Å². The van der Waals surface area contributed by atoms with Crippen LogP contribution in [0.2, 0.25) is 0 Å². The summed E-state index contributed by atoms with van der Waals surface area (Å²) in [7, 11) is 0. The quantitative estimate of drug-likeness (QED) is 0.0344. The average Bonchev–Trinajstić information content (AvgIpc) is 3.28. The van der Waals surface area contributed by atoms with Crippen molar-refractivity contribution in [2.24, 2.45) is 5.92 Å². The molecule has 0 fully saturated rings. The number of carbonyl (C=O) groups is 3. The van der Waals surface area contributed by atoms with Crippen molar-refractivity contribution in [1.82, 2.24) is 0 Å². The molecular formula is C58H112O6. The second-order valence-corrected chi connectivity index (χ2v) is 20.4. The van der Waals surface area contributed by atoms with Crippen LogP contribution in [0.25, 0.3) is 0 Å². The zero-order chi connectivity index (χ0) is 46.7. The molecule has 0 aromatic heterocycles. The van der Waals surface area contributed by atoms with Gasteiger partial charge in [-0.1, -0.05) is 291 Å². The predicted octanol–water partition coefficient (Wildman–Crippen LogP) is 19.0. The summed E-state index contributed by atoms with van der Waals surface area (Å²) in [6.07, 6.45) is 56.6. The Labute approximate surface area is 399 Å². The van der Waals surface area contributed by atoms with Gasteiger partial charge in [0, 0.05) is 19.3 Å². The number of esters is 3. The lowest BCUT2D eigenvalue weighted by atomic mass is 10.0. The molecule has 380 valence electrons. The van der Waals surface area contributed by atoms with Crippen LogP contribution in [0.15, 0.2) is 0 Å². The summed E-state index contributed by atoms with van der Waals surface area (Å²) >= 11 is 0. The normalized spacial score (nSPS) is 12.0. The molecule has 0 aromatic carbocycles. The highest BCUT2D eigenvalue weighted by atomic mass is 16.6. The predicted molar refractivity (Wildman–Crippen MR) is 275 cm³/mol. The Morgan fingerprint density at radius 2 is 0.516 bits per heavy atom. The van der Waals surface area contributed by atoms with Crippen LogP contribution in [0.3, 0.4) is 0 Å². The third kappa shape index (κ3) is 51.4. The third-order valence-corrected chi connectivity index (χ3v) is 13.3. The van der Waals surface area contributed by atoms with E-state index < -0.39 is 6.10 Å². The lowest BCUT2D eigenvalue weighted by Gasteiger charge is -2.18. The molecule has 0 saturated heterocycles. The number of carbonyl (C=O) groups excluding carboxylic acids is 3. The topological polar surface area (TPSA) is 78.9 Å². The lowest BCUT2D eigenvalue weighted by molar-refractivity contribution is -0.167. The Hall–Kier alpha value is -1.59. The fraction of sp³-hybridized carbons (Fsp3) is 0.948. The molecule has 6 heteroatoms. The van der Waals surface area contributed by atoms with Gasteiger partial charge in [-0.3, -0.25) is 14.4 Å². The van der Waals surface area contributed by atoms with Crippen molar-refractivity contribution >= 4 is 17.9 Å². The van der Waals surface area contributed by atoms with E-state index in [1.54, 1.807) is 0 Å². The minimum atomic E-state index is -0.761. The van der Waals surface area contributed by atoms with E-state index in [1.807, 2.05) is 0 Å². The van der Waals surface area contributed by atoms with Gasteiger partial charge in [0.1, 0.15) is 13.2 Å². The van der Waals surface area contributed by atoms with Crippen molar-refractivity contribution in [3.8, 4) is 0 Å². The molecule has 0 bridgehead atoms. The summed E-state index contributed by atoms with van der Waals surface area (Å²) in [6, 6.07) is 0. The molecule has 0 radical (unpaired) electrons. The summed E-state index contributed by atoms with van der Waals surface area (Å²) in [4.78, 5) is 38.1. The van der Waals surface area contributed by atoms with E-state index in [4.69, 9.17) is 14.2 Å². The van der Waals surface area contributed by atoms with Gasteiger partial charge in [0.05, 0.1) is 0 Å². The largest absolute Gasteiger partial charge is 0.462 e. The maximum absolute atomic E-state index is 12.8. The summed E-state index contributed by atoms with van der Waals surface area (Å²) in [5, 5.41) is 0. The second-order valence-electron chi connectivity index (χ2n) is 20.4. The van der Waals surface area contributed by atoms with Crippen molar-refractivity contribution in [3.05, 3.63) is 0 Å². The Kier molecular flexibility index (Phi) is 51.1. The minimum Gasteiger partial charge on any atom is -0.462 e. The van der Waals surface area contributed by atoms with Crippen LogP contribution in [0, 0.1) is 5.92 Å². The van der Waals surface area contributed by atoms with Crippen LogP contribution >= 0.6 is 0 Å². The molecule has 64 heavy (non-hydrogen) atoms. The highest BCUT2D eigenvalue weighted by Gasteiger charge is 2.19. The molecule has 0 heterocycles. The summed E-state index contributed by atoms with van der Waals surface area (Å²) in [6.45, 7) is 9.07. The van der Waals surface area contributed by atoms with E-state index in [9.17, 15) is 14.4 Å². The maximum Gasteiger partial charge on any atom is 0.306 e. The Bertz CT molecular complexity index is 964. The molecule has 0 aliphatic heterocycles. The van der Waals surface area contributed by atoms with E-state index in [2.05, 4.69) is 27.7 Å². The Morgan fingerprint density at radius 1 is 0.297 bits per heavy atom. The second kappa shape index (κ2) is 52.4. The van der Waals surface area contributed by atoms with E-state index >= 15 is 0 Å². The number of hydrogen-bond donors (Lipinski definition) is 0. The van der Waals surface area contributed by atoms with Crippen LogP contribution in [0.5, 0.6) is 0 Å². The zero-order valence-electron chi connectivity index (χ0n) is 43.8. The number of hydrogen-bond acceptors (Lipinski definition) is 6. The molecule has 0 saturated carbocycles. The van der Waals surface area contributed by atoms with Gasteiger partial charge in [-0.25, -0.2) is 0 Å². The molecular weight excluding hydrogens is 793 g/mol. The minimum absolute atomic E-state index is 0.0618. The Morgan fingerprint density at radius 3 is 0.766 bits per heavy atom. The zero-order valence-corrected chi connectivity index (χ0v) is 43.8. The summed E-state index contributed by atoms with van der Waals surface area (Å²) < 4.78 is 16.9. The van der Waals surface area contributed by atoms with Gasteiger partial charge < -0.3 is 14.2 Å². The Balaban J connectivity index is 4.21. The van der Waals surface area contributed by atoms with Gasteiger partial charge in [0.15, 0.2) is 6.10 Å². The van der Waals surface area contributed by atoms with Gasteiger partial charge in [-0.2, -0.15) is 0 Å². The van der Waals surface area contributed by atoms with Crippen molar-refractivity contribution in [2.75, 3.05) is 13.2 Å². The van der Waals surface area contributed by atoms with E-state index in [-0.39, 0.29) is 31.1 Å². The first-order chi connectivity index (χ1) is 31.4. The van der Waals surface area contributed by atoms with Crippen LogP contribution in [-0.4, -0.2) is 37.2 Å². The van der Waals surface area contributed by atoms with Gasteiger partial charge in [-0.05, 0) is 25.2 Å². The summed E-state index contributed by atoms with van der Waals surface area (Å²) in [5.41, 5.74) is 0. The van der Waals surface area contributed by atoms with Crippen molar-refractivity contribution in [2.45, 2.75) is 336 Å². The lowest BCUT2D eigenvalue weighted by Crippen LogP contribution is -2.30. The monoisotopic (exact) mass is 905 g/mol. The van der Waals surface area contributed by atoms with Crippen molar-refractivity contribution < 1.29 is 28.6 Å². The number of rotatable bonds is 53.